The number of nitrogens with one attached hydrogen (secondary N) is 1. The SMILES string of the molecule is COC(=O)c1c(-c2ccccc2Cl)csc1NC(=O)Cn1cnc2ccc([N+](=O)[O-])cc2c1=O. The topological polar surface area (TPSA) is 133 Å². The number of aromatic nitrogens is 2. The number of methoxy groups -OCH3 is 1. The zero-order valence-electron chi connectivity index (χ0n) is 17.5. The fourth-order valence-electron chi connectivity index (χ4n) is 3.33. The summed E-state index contributed by atoms with van der Waals surface area (Å²) in [5, 5.41) is 16.0. The van der Waals surface area contributed by atoms with E-state index >= 15 is 0 Å². The van der Waals surface area contributed by atoms with Gasteiger partial charge in [-0.1, -0.05) is 29.8 Å². The van der Waals surface area contributed by atoms with Crippen LogP contribution in [0.25, 0.3) is 22.0 Å². The third-order valence-corrected chi connectivity index (χ3v) is 6.15. The predicted octanol–water partition coefficient (Wildman–Crippen LogP) is 4.11. The van der Waals surface area contributed by atoms with Crippen molar-refractivity contribution in [3.63, 3.8) is 0 Å². The highest BCUT2D eigenvalue weighted by atomic mass is 35.5. The number of thiophene rings is 1. The lowest BCUT2D eigenvalue weighted by Crippen LogP contribution is -2.28. The number of hydrogen-bond acceptors (Lipinski definition) is 8. The Morgan fingerprint density at radius 1 is 1.24 bits per heavy atom. The summed E-state index contributed by atoms with van der Waals surface area (Å²) in [6, 6.07) is 10.7. The minimum absolute atomic E-state index is 0.0110. The van der Waals surface area contributed by atoms with Crippen LogP contribution >= 0.6 is 22.9 Å². The second kappa shape index (κ2) is 9.41. The minimum atomic E-state index is -0.664. The number of amides is 1. The lowest BCUT2D eigenvalue weighted by molar-refractivity contribution is -0.384. The largest absolute Gasteiger partial charge is 0.465 e. The third kappa shape index (κ3) is 4.38. The standard InChI is InChI=1S/C22H15ClN4O6S/c1-33-22(30)19-15(13-4-2-3-5-16(13)23)10-34-20(19)25-18(28)9-26-11-24-17-7-6-12(27(31)32)8-14(17)21(26)29/h2-8,10-11H,9H2,1H3,(H,25,28). The molecule has 172 valence electrons. The smallest absolute Gasteiger partial charge is 0.341 e. The first-order valence-electron chi connectivity index (χ1n) is 9.68. The van der Waals surface area contributed by atoms with Gasteiger partial charge < -0.3 is 10.1 Å². The summed E-state index contributed by atoms with van der Waals surface area (Å²) in [7, 11) is 1.22. The molecule has 12 heteroatoms. The van der Waals surface area contributed by atoms with Gasteiger partial charge in [-0.15, -0.1) is 11.3 Å². The number of anilines is 1. The molecule has 0 aliphatic rings. The van der Waals surface area contributed by atoms with Crippen molar-refractivity contribution in [1.29, 1.82) is 0 Å². The van der Waals surface area contributed by atoms with Crippen molar-refractivity contribution in [1.82, 2.24) is 9.55 Å². The van der Waals surface area contributed by atoms with Crippen LogP contribution in [0.3, 0.4) is 0 Å². The van der Waals surface area contributed by atoms with Crippen molar-refractivity contribution in [2.24, 2.45) is 0 Å². The summed E-state index contributed by atoms with van der Waals surface area (Å²) in [4.78, 5) is 52.5. The fraction of sp³-hybridized carbons (Fsp3) is 0.0909. The molecule has 0 radical (unpaired) electrons. The Bertz CT molecular complexity index is 1510. The second-order valence-corrected chi connectivity index (χ2v) is 8.30. The number of ether oxygens (including phenoxy) is 1. The van der Waals surface area contributed by atoms with Crippen molar-refractivity contribution in [2.75, 3.05) is 12.4 Å². The molecule has 2 heterocycles. The van der Waals surface area contributed by atoms with Crippen molar-refractivity contribution in [3.8, 4) is 11.1 Å². The van der Waals surface area contributed by atoms with Crippen LogP contribution in [0.2, 0.25) is 5.02 Å². The van der Waals surface area contributed by atoms with Gasteiger partial charge in [-0.3, -0.25) is 24.3 Å². The van der Waals surface area contributed by atoms with Crippen LogP contribution in [0.4, 0.5) is 10.7 Å². The van der Waals surface area contributed by atoms with Crippen LogP contribution < -0.4 is 10.9 Å². The summed E-state index contributed by atoms with van der Waals surface area (Å²) in [5.41, 5.74) is 0.617. The highest BCUT2D eigenvalue weighted by Crippen LogP contribution is 2.39. The zero-order chi connectivity index (χ0) is 24.4. The number of hydrogen-bond donors (Lipinski definition) is 1. The third-order valence-electron chi connectivity index (χ3n) is 4.93. The normalized spacial score (nSPS) is 10.8. The molecule has 4 rings (SSSR count). The van der Waals surface area contributed by atoms with Crippen LogP contribution in [0.1, 0.15) is 10.4 Å². The first-order valence-corrected chi connectivity index (χ1v) is 10.9. The summed E-state index contributed by atoms with van der Waals surface area (Å²) in [6.45, 7) is -0.426. The Labute approximate surface area is 200 Å². The van der Waals surface area contributed by atoms with Gasteiger partial charge in [0.05, 0.1) is 29.3 Å². The maximum Gasteiger partial charge on any atom is 0.341 e. The molecule has 34 heavy (non-hydrogen) atoms. The highest BCUT2D eigenvalue weighted by molar-refractivity contribution is 7.15. The number of carbonyl (C=O) groups is 2. The molecule has 10 nitrogen and oxygen atoms in total. The van der Waals surface area contributed by atoms with Gasteiger partial charge in [0.1, 0.15) is 17.1 Å². The van der Waals surface area contributed by atoms with E-state index in [0.29, 0.717) is 16.1 Å². The molecule has 4 aromatic rings. The van der Waals surface area contributed by atoms with E-state index in [1.807, 2.05) is 0 Å². The van der Waals surface area contributed by atoms with E-state index in [2.05, 4.69) is 10.3 Å². The maximum absolute atomic E-state index is 12.8. The number of nitro groups is 1. The number of halogens is 1. The average Bonchev–Trinajstić information content (AvgIpc) is 3.23. The van der Waals surface area contributed by atoms with E-state index < -0.39 is 28.9 Å². The lowest BCUT2D eigenvalue weighted by Gasteiger charge is -2.10. The molecule has 0 atom stereocenters. The lowest BCUT2D eigenvalue weighted by atomic mass is 10.0. The maximum atomic E-state index is 12.8. The van der Waals surface area contributed by atoms with Gasteiger partial charge in [0.15, 0.2) is 0 Å². The van der Waals surface area contributed by atoms with Crippen molar-refractivity contribution < 1.29 is 19.2 Å². The molecule has 0 aliphatic carbocycles. The van der Waals surface area contributed by atoms with Crippen LogP contribution in [0.15, 0.2) is 59.0 Å². The van der Waals surface area contributed by atoms with Crippen LogP contribution in [-0.4, -0.2) is 33.5 Å². The Hall–Kier alpha value is -4.09. The van der Waals surface area contributed by atoms with Gasteiger partial charge in [0, 0.05) is 33.7 Å². The first-order chi connectivity index (χ1) is 16.3. The van der Waals surface area contributed by atoms with E-state index in [1.54, 1.807) is 29.6 Å². The molecule has 0 unspecified atom stereocenters. The molecule has 0 aliphatic heterocycles. The summed E-state index contributed by atoms with van der Waals surface area (Å²) in [6.07, 6.45) is 1.18. The highest BCUT2D eigenvalue weighted by Gasteiger charge is 2.23. The van der Waals surface area contributed by atoms with E-state index in [4.69, 9.17) is 16.3 Å². The van der Waals surface area contributed by atoms with Crippen molar-refractivity contribution >= 4 is 56.4 Å². The minimum Gasteiger partial charge on any atom is -0.465 e. The van der Waals surface area contributed by atoms with Gasteiger partial charge in [0.25, 0.3) is 11.2 Å². The molecule has 1 N–H and O–H groups in total. The first kappa shape index (κ1) is 23.1. The second-order valence-electron chi connectivity index (χ2n) is 7.01. The number of fused-ring (bicyclic) bond motifs is 1. The monoisotopic (exact) mass is 498 g/mol. The predicted molar refractivity (Wildman–Crippen MR) is 127 cm³/mol. The van der Waals surface area contributed by atoms with Crippen molar-refractivity contribution in [2.45, 2.75) is 6.54 Å². The molecule has 1 amide bonds. The molecule has 2 aromatic carbocycles. The Balaban J connectivity index is 1.65. The van der Waals surface area contributed by atoms with Crippen molar-refractivity contribution in [3.05, 3.63) is 85.2 Å². The number of carbonyl (C=O) groups excluding carboxylic acids is 2. The zero-order valence-corrected chi connectivity index (χ0v) is 19.1. The van der Waals surface area contributed by atoms with E-state index in [-0.39, 0.29) is 27.2 Å². The average molecular weight is 499 g/mol. The van der Waals surface area contributed by atoms with E-state index in [1.165, 1.54) is 25.6 Å². The molecule has 0 bridgehead atoms. The van der Waals surface area contributed by atoms with E-state index in [9.17, 15) is 24.5 Å². The number of non-ortho nitro benzene ring substituents is 1. The fourth-order valence-corrected chi connectivity index (χ4v) is 4.53. The molecule has 2 aromatic heterocycles. The molecule has 0 fully saturated rings. The Morgan fingerprint density at radius 3 is 2.71 bits per heavy atom. The van der Waals surface area contributed by atoms with Crippen LogP contribution in [0, 0.1) is 10.1 Å². The number of nitro benzene ring substituents is 1. The Kier molecular flexibility index (Phi) is 6.39. The summed E-state index contributed by atoms with van der Waals surface area (Å²) >= 11 is 7.38. The number of esters is 1. The molecular weight excluding hydrogens is 484 g/mol. The van der Waals surface area contributed by atoms with Gasteiger partial charge in [-0.2, -0.15) is 0 Å². The van der Waals surface area contributed by atoms with Crippen LogP contribution in [0.5, 0.6) is 0 Å². The molecule has 0 spiro atoms. The Morgan fingerprint density at radius 2 is 2.00 bits per heavy atom. The number of rotatable bonds is 6. The quantitative estimate of drug-likeness (QED) is 0.240. The molecule has 0 saturated carbocycles. The van der Waals surface area contributed by atoms with Crippen LogP contribution in [-0.2, 0) is 16.1 Å². The summed E-state index contributed by atoms with van der Waals surface area (Å²) < 4.78 is 5.92. The molecular formula is C22H15ClN4O6S. The number of nitrogens with zero attached hydrogens (tertiary/aromatic N) is 3. The van der Waals surface area contributed by atoms with Gasteiger partial charge in [-0.25, -0.2) is 9.78 Å². The number of benzene rings is 2. The molecule has 0 saturated heterocycles. The van der Waals surface area contributed by atoms with E-state index in [0.717, 1.165) is 22.0 Å². The van der Waals surface area contributed by atoms with Gasteiger partial charge in [-0.05, 0) is 12.1 Å². The summed E-state index contributed by atoms with van der Waals surface area (Å²) in [5.74, 6) is -1.27. The van der Waals surface area contributed by atoms with Gasteiger partial charge in [0.2, 0.25) is 5.91 Å². The van der Waals surface area contributed by atoms with Gasteiger partial charge >= 0.3 is 5.97 Å².